The second-order valence-electron chi connectivity index (χ2n) is 4.34. The summed E-state index contributed by atoms with van der Waals surface area (Å²) in [4.78, 5) is 26.3. The van der Waals surface area contributed by atoms with E-state index in [9.17, 15) is 14.9 Å². The number of rotatable bonds is 4. The molecule has 0 unspecified atom stereocenters. The maximum absolute atomic E-state index is 11.9. The highest BCUT2D eigenvalue weighted by Crippen LogP contribution is 2.21. The van der Waals surface area contributed by atoms with Gasteiger partial charge in [0.15, 0.2) is 0 Å². The highest BCUT2D eigenvalue weighted by molar-refractivity contribution is 7.09. The van der Waals surface area contributed by atoms with E-state index >= 15 is 0 Å². The van der Waals surface area contributed by atoms with E-state index in [-0.39, 0.29) is 18.0 Å². The Morgan fingerprint density at radius 1 is 1.45 bits per heavy atom. The van der Waals surface area contributed by atoms with Gasteiger partial charge in [-0.3, -0.25) is 14.9 Å². The van der Waals surface area contributed by atoms with Gasteiger partial charge in [0.1, 0.15) is 0 Å². The summed E-state index contributed by atoms with van der Waals surface area (Å²) in [6.45, 7) is 3.60. The number of nitro benzene ring substituents is 1. The molecule has 0 aliphatic carbocycles. The predicted octanol–water partition coefficient (Wildman–Crippen LogP) is 2.85. The minimum Gasteiger partial charge on any atom is -0.326 e. The first kappa shape index (κ1) is 14.1. The van der Waals surface area contributed by atoms with Gasteiger partial charge in [-0.1, -0.05) is 0 Å². The molecule has 1 amide bonds. The van der Waals surface area contributed by atoms with E-state index in [4.69, 9.17) is 0 Å². The molecule has 0 spiro atoms. The van der Waals surface area contributed by atoms with Crippen molar-refractivity contribution in [3.05, 3.63) is 50.0 Å². The molecule has 20 heavy (non-hydrogen) atoms. The van der Waals surface area contributed by atoms with Crippen LogP contribution in [0.25, 0.3) is 0 Å². The van der Waals surface area contributed by atoms with Crippen molar-refractivity contribution >= 4 is 28.6 Å². The van der Waals surface area contributed by atoms with E-state index in [0.717, 1.165) is 10.7 Å². The fourth-order valence-electron chi connectivity index (χ4n) is 1.75. The summed E-state index contributed by atoms with van der Waals surface area (Å²) in [6, 6.07) is 4.34. The number of aryl methyl sites for hydroxylation is 2. The van der Waals surface area contributed by atoms with Crippen LogP contribution in [0.4, 0.5) is 11.4 Å². The number of nitrogens with one attached hydrogen (secondary N) is 1. The molecule has 6 nitrogen and oxygen atoms in total. The number of anilines is 1. The molecule has 0 fully saturated rings. The molecule has 1 aromatic carbocycles. The lowest BCUT2D eigenvalue weighted by molar-refractivity contribution is -0.384. The predicted molar refractivity (Wildman–Crippen MR) is 77.0 cm³/mol. The van der Waals surface area contributed by atoms with Crippen molar-refractivity contribution in [2.24, 2.45) is 0 Å². The van der Waals surface area contributed by atoms with E-state index in [1.165, 1.54) is 29.5 Å². The molecule has 0 aliphatic heterocycles. The standard InChI is InChI=1S/C13H13N3O3S/c1-8-5-11(16(18)19)3-4-12(8)15-13(17)6-10-7-20-9(2)14-10/h3-5,7H,6H2,1-2H3,(H,15,17). The Kier molecular flexibility index (Phi) is 4.09. The minimum absolute atomic E-state index is 0.00984. The van der Waals surface area contributed by atoms with Crippen LogP contribution in [-0.2, 0) is 11.2 Å². The number of nitrogens with zero attached hydrogens (tertiary/aromatic N) is 2. The smallest absolute Gasteiger partial charge is 0.269 e. The molecule has 1 aromatic heterocycles. The number of carbonyl (C=O) groups is 1. The number of thiazole rings is 1. The molecule has 1 heterocycles. The number of hydrogen-bond acceptors (Lipinski definition) is 5. The van der Waals surface area contributed by atoms with Gasteiger partial charge < -0.3 is 5.32 Å². The minimum atomic E-state index is -0.462. The van der Waals surface area contributed by atoms with Crippen LogP contribution in [0.2, 0.25) is 0 Å². The van der Waals surface area contributed by atoms with Gasteiger partial charge >= 0.3 is 0 Å². The zero-order valence-corrected chi connectivity index (χ0v) is 11.9. The fraction of sp³-hybridized carbons (Fsp3) is 0.231. The summed E-state index contributed by atoms with van der Waals surface area (Å²) in [5.74, 6) is -0.188. The van der Waals surface area contributed by atoms with Gasteiger partial charge in [-0.15, -0.1) is 11.3 Å². The Balaban J connectivity index is 2.06. The number of aromatic nitrogens is 1. The van der Waals surface area contributed by atoms with Gasteiger partial charge in [0.05, 0.1) is 22.0 Å². The summed E-state index contributed by atoms with van der Waals surface area (Å²) in [7, 11) is 0. The zero-order chi connectivity index (χ0) is 14.7. The Labute approximate surface area is 119 Å². The highest BCUT2D eigenvalue weighted by Gasteiger charge is 2.11. The molecular formula is C13H13N3O3S. The molecule has 0 saturated carbocycles. The Morgan fingerprint density at radius 3 is 2.75 bits per heavy atom. The number of benzene rings is 1. The lowest BCUT2D eigenvalue weighted by atomic mass is 10.1. The van der Waals surface area contributed by atoms with E-state index < -0.39 is 4.92 Å². The Morgan fingerprint density at radius 2 is 2.20 bits per heavy atom. The van der Waals surface area contributed by atoms with Crippen LogP contribution < -0.4 is 5.32 Å². The normalized spacial score (nSPS) is 10.3. The molecule has 7 heteroatoms. The topological polar surface area (TPSA) is 85.1 Å². The average molecular weight is 291 g/mol. The molecule has 2 aromatic rings. The molecular weight excluding hydrogens is 278 g/mol. The lowest BCUT2D eigenvalue weighted by Gasteiger charge is -2.07. The van der Waals surface area contributed by atoms with Crippen molar-refractivity contribution in [3.63, 3.8) is 0 Å². The van der Waals surface area contributed by atoms with Crippen molar-refractivity contribution in [2.45, 2.75) is 20.3 Å². The first-order chi connectivity index (χ1) is 9.45. The first-order valence-corrected chi connectivity index (χ1v) is 6.79. The third-order valence-corrected chi connectivity index (χ3v) is 3.53. The van der Waals surface area contributed by atoms with E-state index in [0.29, 0.717) is 11.3 Å². The molecule has 0 bridgehead atoms. The summed E-state index contributed by atoms with van der Waals surface area (Å²) in [6.07, 6.45) is 0.195. The van der Waals surface area contributed by atoms with Crippen LogP contribution in [0, 0.1) is 24.0 Å². The van der Waals surface area contributed by atoms with Gasteiger partial charge in [0.25, 0.3) is 5.69 Å². The summed E-state index contributed by atoms with van der Waals surface area (Å²) < 4.78 is 0. The van der Waals surface area contributed by atoms with E-state index in [1.54, 1.807) is 6.92 Å². The van der Waals surface area contributed by atoms with Gasteiger partial charge in [0.2, 0.25) is 5.91 Å². The van der Waals surface area contributed by atoms with Crippen LogP contribution in [0.5, 0.6) is 0 Å². The molecule has 0 aliphatic rings. The summed E-state index contributed by atoms with van der Waals surface area (Å²) in [5.41, 5.74) is 1.97. The number of nitro groups is 1. The van der Waals surface area contributed by atoms with Crippen molar-refractivity contribution in [3.8, 4) is 0 Å². The maximum Gasteiger partial charge on any atom is 0.269 e. The Hall–Kier alpha value is -2.28. The molecule has 0 saturated heterocycles. The number of amides is 1. The van der Waals surface area contributed by atoms with Crippen molar-refractivity contribution < 1.29 is 9.72 Å². The quantitative estimate of drug-likeness (QED) is 0.693. The number of hydrogen-bond donors (Lipinski definition) is 1. The van der Waals surface area contributed by atoms with Crippen molar-refractivity contribution in [1.29, 1.82) is 0 Å². The second-order valence-corrected chi connectivity index (χ2v) is 5.40. The van der Waals surface area contributed by atoms with E-state index in [1.807, 2.05) is 12.3 Å². The SMILES string of the molecule is Cc1nc(CC(=O)Nc2ccc([N+](=O)[O-])cc2C)cs1. The van der Waals surface area contributed by atoms with Crippen LogP contribution in [0.1, 0.15) is 16.3 Å². The fourth-order valence-corrected chi connectivity index (χ4v) is 2.36. The lowest BCUT2D eigenvalue weighted by Crippen LogP contribution is -2.15. The average Bonchev–Trinajstić information content (AvgIpc) is 2.77. The molecule has 0 atom stereocenters. The molecule has 2 rings (SSSR count). The van der Waals surface area contributed by atoms with Crippen LogP contribution in [-0.4, -0.2) is 15.8 Å². The molecule has 1 N–H and O–H groups in total. The molecule has 0 radical (unpaired) electrons. The van der Waals surface area contributed by atoms with Crippen molar-refractivity contribution in [1.82, 2.24) is 4.98 Å². The second kappa shape index (κ2) is 5.79. The largest absolute Gasteiger partial charge is 0.326 e. The van der Waals surface area contributed by atoms with Crippen molar-refractivity contribution in [2.75, 3.05) is 5.32 Å². The first-order valence-electron chi connectivity index (χ1n) is 5.91. The molecule has 104 valence electrons. The highest BCUT2D eigenvalue weighted by atomic mass is 32.1. The third kappa shape index (κ3) is 3.39. The van der Waals surface area contributed by atoms with Crippen LogP contribution >= 0.6 is 11.3 Å². The third-order valence-electron chi connectivity index (χ3n) is 2.70. The number of non-ortho nitro benzene ring substituents is 1. The van der Waals surface area contributed by atoms with Gasteiger partial charge in [-0.05, 0) is 25.5 Å². The maximum atomic E-state index is 11.9. The zero-order valence-electron chi connectivity index (χ0n) is 11.0. The van der Waals surface area contributed by atoms with Gasteiger partial charge in [-0.2, -0.15) is 0 Å². The Bertz CT molecular complexity index is 667. The number of carbonyl (C=O) groups excluding carboxylic acids is 1. The summed E-state index contributed by atoms with van der Waals surface area (Å²) >= 11 is 1.49. The van der Waals surface area contributed by atoms with Gasteiger partial charge in [-0.25, -0.2) is 4.98 Å². The van der Waals surface area contributed by atoms with Crippen LogP contribution in [0.15, 0.2) is 23.6 Å². The monoisotopic (exact) mass is 291 g/mol. The van der Waals surface area contributed by atoms with Crippen LogP contribution in [0.3, 0.4) is 0 Å². The van der Waals surface area contributed by atoms with Gasteiger partial charge in [0, 0.05) is 23.2 Å². The van der Waals surface area contributed by atoms with E-state index in [2.05, 4.69) is 10.3 Å². The summed E-state index contributed by atoms with van der Waals surface area (Å²) in [5, 5.41) is 16.1.